The number of carbonyl (C=O) groups is 1. The molecule has 0 aliphatic heterocycles. The van der Waals surface area contributed by atoms with Gasteiger partial charge in [-0.1, -0.05) is 20.3 Å². The first-order valence-electron chi connectivity index (χ1n) is 7.02. The highest BCUT2D eigenvalue weighted by molar-refractivity contribution is 7.86. The molecule has 3 N–H and O–H groups in total. The fraction of sp³-hybridized carbons (Fsp3) is 0.769. The average Bonchev–Trinajstić information content (AvgIpc) is 2.35. The van der Waals surface area contributed by atoms with Gasteiger partial charge in [-0.2, -0.15) is 8.42 Å². The van der Waals surface area contributed by atoms with Gasteiger partial charge in [0.15, 0.2) is 0 Å². The highest BCUT2D eigenvalue weighted by Crippen LogP contribution is 2.24. The molecule has 0 saturated heterocycles. The molecule has 0 aliphatic rings. The summed E-state index contributed by atoms with van der Waals surface area (Å²) in [5.41, 5.74) is 5.78. The quantitative estimate of drug-likeness (QED) is 0.384. The highest BCUT2D eigenvalue weighted by Gasteiger charge is 2.41. The van der Waals surface area contributed by atoms with Gasteiger partial charge in [0.2, 0.25) is 11.3 Å². The molecule has 1 amide bonds. The summed E-state index contributed by atoms with van der Waals surface area (Å²) in [7, 11) is -4.21. The Balaban J connectivity index is 5.93. The Labute approximate surface area is 122 Å². The zero-order chi connectivity index (χ0) is 16.0. The lowest BCUT2D eigenvalue weighted by Gasteiger charge is -2.38. The van der Waals surface area contributed by atoms with Crippen LogP contribution in [0.15, 0.2) is 11.8 Å². The molecule has 20 heavy (non-hydrogen) atoms. The number of nitrogens with two attached hydrogens (primary N) is 1. The van der Waals surface area contributed by atoms with Crippen LogP contribution < -0.4 is 5.73 Å². The van der Waals surface area contributed by atoms with Crippen LogP contribution in [0.3, 0.4) is 0 Å². The molecule has 0 aromatic carbocycles. The summed E-state index contributed by atoms with van der Waals surface area (Å²) in [6.07, 6.45) is 3.12. The molecule has 6 nitrogen and oxygen atoms in total. The summed E-state index contributed by atoms with van der Waals surface area (Å²) in [6, 6.07) is 0. The second kappa shape index (κ2) is 7.75. The molecule has 1 unspecified atom stereocenters. The average molecular weight is 307 g/mol. The van der Waals surface area contributed by atoms with Gasteiger partial charge in [0.25, 0.3) is 0 Å². The normalized spacial score (nSPS) is 15.2. The molecule has 0 saturated carbocycles. The number of primary amides is 1. The third kappa shape index (κ3) is 4.57. The second-order valence-electron chi connectivity index (χ2n) is 4.88. The van der Waals surface area contributed by atoms with E-state index in [0.717, 1.165) is 6.42 Å². The predicted octanol–water partition coefficient (Wildman–Crippen LogP) is 1.64. The van der Waals surface area contributed by atoms with Gasteiger partial charge in [0.05, 0.1) is 18.7 Å². The van der Waals surface area contributed by atoms with Crippen molar-refractivity contribution >= 4 is 16.0 Å². The van der Waals surface area contributed by atoms with Crippen molar-refractivity contribution in [2.75, 3.05) is 13.1 Å². The largest absolute Gasteiger partial charge is 0.366 e. The van der Waals surface area contributed by atoms with Crippen molar-refractivity contribution in [2.24, 2.45) is 5.73 Å². The Kier molecular flexibility index (Phi) is 7.40. The lowest BCUT2D eigenvalue weighted by atomic mass is 10.1. The Morgan fingerprint density at radius 2 is 1.75 bits per heavy atom. The molecule has 0 aliphatic carbocycles. The molecule has 0 fully saturated rings. The van der Waals surface area contributed by atoms with Crippen LogP contribution in [0.25, 0.3) is 0 Å². The molecule has 0 spiro atoms. The molecule has 0 aromatic rings. The number of rotatable bonds is 9. The number of amides is 1. The molecule has 0 aromatic heterocycles. The summed E-state index contributed by atoms with van der Waals surface area (Å²) >= 11 is 0. The maximum absolute atomic E-state index is 11.6. The van der Waals surface area contributed by atoms with E-state index in [-0.39, 0.29) is 10.9 Å². The lowest BCUT2D eigenvalue weighted by Crippen LogP contribution is -2.54. The van der Waals surface area contributed by atoms with Crippen molar-refractivity contribution in [2.45, 2.75) is 52.3 Å². The third-order valence-electron chi connectivity index (χ3n) is 3.69. The van der Waals surface area contributed by atoms with E-state index >= 15 is 0 Å². The molecular weight excluding hydrogens is 280 g/mol. The minimum absolute atomic E-state index is 0.00755. The molecule has 0 radical (unpaired) electrons. The second-order valence-corrected chi connectivity index (χ2v) is 6.46. The number of nitrogens with zero attached hydrogens (tertiary/aromatic N) is 1. The first-order chi connectivity index (χ1) is 9.18. The Morgan fingerprint density at radius 1 is 1.25 bits per heavy atom. The molecule has 7 heteroatoms. The van der Waals surface area contributed by atoms with Crippen molar-refractivity contribution in [3.63, 3.8) is 0 Å². The van der Waals surface area contributed by atoms with Crippen LogP contribution in [-0.4, -0.2) is 41.8 Å². The van der Waals surface area contributed by atoms with E-state index in [1.54, 1.807) is 13.1 Å². The fourth-order valence-corrected chi connectivity index (χ4v) is 3.88. The van der Waals surface area contributed by atoms with Crippen LogP contribution in [0.5, 0.6) is 0 Å². The maximum atomic E-state index is 11.6. The van der Waals surface area contributed by atoms with Gasteiger partial charge in [0, 0.05) is 6.42 Å². The third-order valence-corrected chi connectivity index (χ3v) is 5.13. The fourth-order valence-electron chi connectivity index (χ4n) is 2.57. The summed E-state index contributed by atoms with van der Waals surface area (Å²) in [5, 5.41) is -0.983. The number of carbonyl (C=O) groups excluding carboxylic acids is 1. The van der Waals surface area contributed by atoms with Crippen LogP contribution >= 0.6 is 0 Å². The van der Waals surface area contributed by atoms with E-state index in [0.29, 0.717) is 25.1 Å². The molecule has 1 atom stereocenters. The monoisotopic (exact) mass is 307 g/mol. The van der Waals surface area contributed by atoms with Gasteiger partial charge in [-0.15, -0.1) is 0 Å². The van der Waals surface area contributed by atoms with Gasteiger partial charge in [-0.3, -0.25) is 13.8 Å². The molecule has 118 valence electrons. The summed E-state index contributed by atoms with van der Waals surface area (Å²) in [6.45, 7) is 8.19. The zero-order valence-corrected chi connectivity index (χ0v) is 13.6. The lowest BCUT2D eigenvalue weighted by molar-refractivity contribution is -0.887. The SMILES string of the molecule is CCCC(=C[N+](CC)(CC)C(CC)S(=O)(=O)O)C(N)=O. The number of quaternary nitrogens is 1. The minimum atomic E-state index is -4.21. The van der Waals surface area contributed by atoms with E-state index in [1.165, 1.54) is 0 Å². The molecule has 0 bridgehead atoms. The molecular formula is C13H27N2O4S+. The highest BCUT2D eigenvalue weighted by atomic mass is 32.2. The summed E-state index contributed by atoms with van der Waals surface area (Å²) in [4.78, 5) is 11.5. The minimum Gasteiger partial charge on any atom is -0.366 e. The van der Waals surface area contributed by atoms with E-state index in [9.17, 15) is 17.8 Å². The van der Waals surface area contributed by atoms with E-state index in [1.807, 2.05) is 20.8 Å². The number of hydrogen-bond acceptors (Lipinski definition) is 3. The van der Waals surface area contributed by atoms with E-state index < -0.39 is 21.4 Å². The standard InChI is InChI=1S/C13H26N2O4S/c1-5-9-11(13(14)16)10-15(7-3,8-4)12(6-2)20(17,18)19/h10,12H,5-9H2,1-4H3,(H2-,14,16,17,18,19)/p+1. The van der Waals surface area contributed by atoms with Crippen molar-refractivity contribution in [1.29, 1.82) is 0 Å². The van der Waals surface area contributed by atoms with Gasteiger partial charge in [-0.25, -0.2) is 0 Å². The van der Waals surface area contributed by atoms with Gasteiger partial charge < -0.3 is 5.73 Å². The van der Waals surface area contributed by atoms with Gasteiger partial charge >= 0.3 is 10.1 Å². The van der Waals surface area contributed by atoms with Crippen molar-refractivity contribution in [3.05, 3.63) is 11.8 Å². The Bertz CT molecular complexity index is 453. The topological polar surface area (TPSA) is 97.5 Å². The summed E-state index contributed by atoms with van der Waals surface area (Å²) < 4.78 is 32.7. The maximum Gasteiger partial charge on any atom is 0.319 e. The van der Waals surface area contributed by atoms with Crippen LogP contribution in [-0.2, 0) is 14.9 Å². The molecule has 0 rings (SSSR count). The van der Waals surface area contributed by atoms with Crippen LogP contribution in [0.4, 0.5) is 0 Å². The zero-order valence-electron chi connectivity index (χ0n) is 12.8. The van der Waals surface area contributed by atoms with Gasteiger partial charge in [-0.05, 0) is 20.3 Å². The smallest absolute Gasteiger partial charge is 0.319 e. The van der Waals surface area contributed by atoms with Crippen LogP contribution in [0.2, 0.25) is 0 Å². The Hall–Kier alpha value is -0.920. The van der Waals surface area contributed by atoms with Crippen molar-refractivity contribution < 1.29 is 22.2 Å². The summed E-state index contributed by atoms with van der Waals surface area (Å²) in [5.74, 6) is -0.540. The molecule has 0 heterocycles. The van der Waals surface area contributed by atoms with Crippen LogP contribution in [0.1, 0.15) is 47.0 Å². The number of hydrogen-bond donors (Lipinski definition) is 2. The van der Waals surface area contributed by atoms with Crippen molar-refractivity contribution in [1.82, 2.24) is 0 Å². The van der Waals surface area contributed by atoms with E-state index in [2.05, 4.69) is 0 Å². The van der Waals surface area contributed by atoms with Crippen molar-refractivity contribution in [3.8, 4) is 0 Å². The van der Waals surface area contributed by atoms with Crippen LogP contribution in [0, 0.1) is 0 Å². The Morgan fingerprint density at radius 3 is 2.00 bits per heavy atom. The predicted molar refractivity (Wildman–Crippen MR) is 79.2 cm³/mol. The van der Waals surface area contributed by atoms with Gasteiger partial charge in [0.1, 0.15) is 6.20 Å². The first-order valence-corrected chi connectivity index (χ1v) is 8.53. The first kappa shape index (κ1) is 19.1. The van der Waals surface area contributed by atoms with E-state index in [4.69, 9.17) is 5.73 Å².